The predicted octanol–water partition coefficient (Wildman–Crippen LogP) is 2.06. The van der Waals surface area contributed by atoms with E-state index >= 15 is 0 Å². The first kappa shape index (κ1) is 14.6. The highest BCUT2D eigenvalue weighted by Gasteiger charge is 2.26. The summed E-state index contributed by atoms with van der Waals surface area (Å²) in [6.45, 7) is 0.702. The Balaban J connectivity index is 1.32. The van der Waals surface area contributed by atoms with E-state index in [0.29, 0.717) is 24.5 Å². The molecule has 1 atom stereocenters. The van der Waals surface area contributed by atoms with E-state index in [0.717, 1.165) is 16.9 Å². The van der Waals surface area contributed by atoms with Gasteiger partial charge in [0.1, 0.15) is 12.4 Å². The van der Waals surface area contributed by atoms with Gasteiger partial charge in [-0.05, 0) is 24.3 Å². The summed E-state index contributed by atoms with van der Waals surface area (Å²) < 4.78 is 11.2. The quantitative estimate of drug-likeness (QED) is 0.770. The fourth-order valence-corrected chi connectivity index (χ4v) is 2.69. The van der Waals surface area contributed by atoms with Crippen LogP contribution in [0.4, 0.5) is 0 Å². The number of hydrogen-bond acceptors (Lipinski definition) is 4. The van der Waals surface area contributed by atoms with E-state index in [1.807, 2.05) is 42.5 Å². The van der Waals surface area contributed by atoms with Crippen LogP contribution in [0.5, 0.6) is 11.5 Å². The highest BCUT2D eigenvalue weighted by atomic mass is 16.6. The summed E-state index contributed by atoms with van der Waals surface area (Å²) in [5.74, 6) is 1.94. The van der Waals surface area contributed by atoms with E-state index in [1.54, 1.807) is 6.07 Å². The van der Waals surface area contributed by atoms with E-state index in [-0.39, 0.29) is 12.5 Å². The topological polar surface area (TPSA) is 76.2 Å². The number of hydrogen-bond donors (Lipinski definition) is 2. The van der Waals surface area contributed by atoms with E-state index in [2.05, 4.69) is 15.3 Å². The van der Waals surface area contributed by atoms with Gasteiger partial charge in [-0.15, -0.1) is 0 Å². The normalized spacial score (nSPS) is 16.1. The molecule has 3 aromatic rings. The average molecular weight is 323 g/mol. The fraction of sp³-hybridized carbons (Fsp3) is 0.222. The molecule has 6 heteroatoms. The Morgan fingerprint density at radius 2 is 1.96 bits per heavy atom. The lowest BCUT2D eigenvalue weighted by Crippen LogP contribution is -2.44. The van der Waals surface area contributed by atoms with Gasteiger partial charge >= 0.3 is 0 Å². The van der Waals surface area contributed by atoms with Crippen LogP contribution in [0.15, 0.2) is 48.5 Å². The number of H-pyrrole nitrogens is 1. The zero-order valence-corrected chi connectivity index (χ0v) is 13.0. The highest BCUT2D eigenvalue weighted by molar-refractivity contribution is 5.81. The second-order valence-corrected chi connectivity index (χ2v) is 5.61. The van der Waals surface area contributed by atoms with E-state index < -0.39 is 6.10 Å². The number of nitrogens with one attached hydrogen (secondary N) is 2. The molecule has 1 aromatic heterocycles. The molecule has 0 bridgehead atoms. The Morgan fingerprint density at radius 3 is 2.83 bits per heavy atom. The van der Waals surface area contributed by atoms with Gasteiger partial charge in [-0.25, -0.2) is 4.98 Å². The predicted molar refractivity (Wildman–Crippen MR) is 89.2 cm³/mol. The molecule has 1 aliphatic heterocycles. The number of rotatable bonds is 4. The zero-order chi connectivity index (χ0) is 16.4. The molecule has 0 fully saturated rings. The molecule has 1 unspecified atom stereocenters. The summed E-state index contributed by atoms with van der Waals surface area (Å²) in [6.07, 6.45) is 0.000449. The maximum atomic E-state index is 12.2. The van der Waals surface area contributed by atoms with Gasteiger partial charge in [0.2, 0.25) is 6.10 Å². The second-order valence-electron chi connectivity index (χ2n) is 5.61. The van der Waals surface area contributed by atoms with Crippen LogP contribution in [-0.2, 0) is 11.2 Å². The molecule has 0 saturated carbocycles. The molecule has 122 valence electrons. The molecule has 2 heterocycles. The third kappa shape index (κ3) is 2.90. The van der Waals surface area contributed by atoms with Crippen molar-refractivity contribution < 1.29 is 14.3 Å². The van der Waals surface area contributed by atoms with Crippen LogP contribution in [0, 0.1) is 0 Å². The van der Waals surface area contributed by atoms with Crippen molar-refractivity contribution in [3.63, 3.8) is 0 Å². The molecular formula is C18H17N3O3. The number of ether oxygens (including phenoxy) is 2. The lowest BCUT2D eigenvalue weighted by molar-refractivity contribution is -0.130. The summed E-state index contributed by atoms with van der Waals surface area (Å²) in [5.41, 5.74) is 1.93. The molecule has 24 heavy (non-hydrogen) atoms. The van der Waals surface area contributed by atoms with Gasteiger partial charge in [0, 0.05) is 13.0 Å². The Hall–Kier alpha value is -3.02. The molecule has 0 aliphatic carbocycles. The largest absolute Gasteiger partial charge is 0.485 e. The van der Waals surface area contributed by atoms with Crippen molar-refractivity contribution in [3.8, 4) is 11.5 Å². The summed E-state index contributed by atoms with van der Waals surface area (Å²) in [6, 6.07) is 15.2. The van der Waals surface area contributed by atoms with E-state index in [4.69, 9.17) is 9.47 Å². The number of benzene rings is 2. The third-order valence-electron chi connectivity index (χ3n) is 3.90. The minimum absolute atomic E-state index is 0.180. The summed E-state index contributed by atoms with van der Waals surface area (Å²) in [5, 5.41) is 2.87. The fourth-order valence-electron chi connectivity index (χ4n) is 2.69. The van der Waals surface area contributed by atoms with Crippen LogP contribution in [-0.4, -0.2) is 35.1 Å². The Labute approximate surface area is 138 Å². The van der Waals surface area contributed by atoms with Gasteiger partial charge in [-0.1, -0.05) is 24.3 Å². The van der Waals surface area contributed by atoms with Crippen molar-refractivity contribution in [3.05, 3.63) is 54.4 Å². The number of carbonyl (C=O) groups excluding carboxylic acids is 1. The number of imidazole rings is 1. The molecule has 2 N–H and O–H groups in total. The van der Waals surface area contributed by atoms with Crippen LogP contribution in [0.3, 0.4) is 0 Å². The molecule has 0 saturated heterocycles. The molecule has 1 aliphatic rings. The summed E-state index contributed by atoms with van der Waals surface area (Å²) >= 11 is 0. The molecule has 6 nitrogen and oxygen atoms in total. The molecular weight excluding hydrogens is 306 g/mol. The van der Waals surface area contributed by atoms with Crippen LogP contribution in [0.25, 0.3) is 11.0 Å². The molecule has 0 radical (unpaired) electrons. The smallest absolute Gasteiger partial charge is 0.264 e. The molecule has 2 aromatic carbocycles. The van der Waals surface area contributed by atoms with Gasteiger partial charge in [-0.3, -0.25) is 4.79 Å². The minimum atomic E-state index is -0.629. The van der Waals surface area contributed by atoms with Gasteiger partial charge < -0.3 is 19.8 Å². The molecule has 1 amide bonds. The van der Waals surface area contributed by atoms with Crippen LogP contribution in [0.2, 0.25) is 0 Å². The first-order valence-corrected chi connectivity index (χ1v) is 7.89. The number of nitrogens with zero attached hydrogens (tertiary/aromatic N) is 1. The van der Waals surface area contributed by atoms with Crippen molar-refractivity contribution in [2.45, 2.75) is 12.5 Å². The molecule has 4 rings (SSSR count). The lowest BCUT2D eigenvalue weighted by atomic mass is 10.2. The summed E-state index contributed by atoms with van der Waals surface area (Å²) in [7, 11) is 0. The summed E-state index contributed by atoms with van der Waals surface area (Å²) in [4.78, 5) is 20.0. The Morgan fingerprint density at radius 1 is 1.17 bits per heavy atom. The number of carbonyl (C=O) groups is 1. The number of amides is 1. The van der Waals surface area contributed by atoms with E-state index in [1.165, 1.54) is 0 Å². The number of aromatic nitrogens is 2. The van der Waals surface area contributed by atoms with Crippen LogP contribution in [0.1, 0.15) is 5.82 Å². The van der Waals surface area contributed by atoms with Crippen LogP contribution >= 0.6 is 0 Å². The van der Waals surface area contributed by atoms with Crippen molar-refractivity contribution in [2.75, 3.05) is 13.2 Å². The van der Waals surface area contributed by atoms with Crippen molar-refractivity contribution in [1.82, 2.24) is 15.3 Å². The number of fused-ring (bicyclic) bond motifs is 2. The SMILES string of the molecule is O=C(NCCc1nc2ccccc2[nH]1)C1COc2ccccc2O1. The minimum Gasteiger partial charge on any atom is -0.485 e. The second kappa shape index (κ2) is 6.23. The Kier molecular flexibility index (Phi) is 3.78. The number of aromatic amines is 1. The third-order valence-corrected chi connectivity index (χ3v) is 3.90. The van der Waals surface area contributed by atoms with Gasteiger partial charge in [0.25, 0.3) is 5.91 Å². The number of para-hydroxylation sites is 4. The van der Waals surface area contributed by atoms with Gasteiger partial charge in [0.05, 0.1) is 11.0 Å². The first-order valence-electron chi connectivity index (χ1n) is 7.89. The monoisotopic (exact) mass is 323 g/mol. The van der Waals surface area contributed by atoms with Gasteiger partial charge in [0.15, 0.2) is 11.5 Å². The zero-order valence-electron chi connectivity index (χ0n) is 13.0. The van der Waals surface area contributed by atoms with Crippen molar-refractivity contribution in [1.29, 1.82) is 0 Å². The van der Waals surface area contributed by atoms with E-state index in [9.17, 15) is 4.79 Å². The highest BCUT2D eigenvalue weighted by Crippen LogP contribution is 2.30. The lowest BCUT2D eigenvalue weighted by Gasteiger charge is -2.25. The molecule has 0 spiro atoms. The van der Waals surface area contributed by atoms with Crippen molar-refractivity contribution >= 4 is 16.9 Å². The Bertz CT molecular complexity index is 842. The average Bonchev–Trinajstić information content (AvgIpc) is 3.04. The first-order chi connectivity index (χ1) is 11.8. The van der Waals surface area contributed by atoms with Crippen molar-refractivity contribution in [2.24, 2.45) is 0 Å². The van der Waals surface area contributed by atoms with Crippen LogP contribution < -0.4 is 14.8 Å². The maximum Gasteiger partial charge on any atom is 0.264 e. The van der Waals surface area contributed by atoms with Gasteiger partial charge in [-0.2, -0.15) is 0 Å². The maximum absolute atomic E-state index is 12.2. The standard InChI is InChI=1S/C18H17N3O3/c22-18(16-11-23-14-7-3-4-8-15(14)24-16)19-10-9-17-20-12-5-1-2-6-13(12)21-17/h1-8,16H,9-11H2,(H,19,22)(H,20,21).